The Morgan fingerprint density at radius 1 is 1.21 bits per heavy atom. The molecule has 0 bridgehead atoms. The lowest BCUT2D eigenvalue weighted by Crippen LogP contribution is -2.29. The Morgan fingerprint density at radius 2 is 1.84 bits per heavy atom. The van der Waals surface area contributed by atoms with Crippen molar-refractivity contribution in [3.05, 3.63) is 29.8 Å². The number of ether oxygens (including phenoxy) is 1. The predicted molar refractivity (Wildman–Crippen MR) is 78.4 cm³/mol. The Hall–Kier alpha value is -1.51. The first-order valence-corrected chi connectivity index (χ1v) is 7.09. The summed E-state index contributed by atoms with van der Waals surface area (Å²) >= 11 is 0. The van der Waals surface area contributed by atoms with E-state index in [1.807, 2.05) is 24.3 Å². The van der Waals surface area contributed by atoms with Gasteiger partial charge in [0.25, 0.3) is 0 Å². The van der Waals surface area contributed by atoms with Crippen LogP contribution in [0.25, 0.3) is 0 Å². The minimum Gasteiger partial charge on any atom is -0.497 e. The molecule has 0 unspecified atom stereocenters. The molecular formula is C16H25NO2. The number of nitrogens with one attached hydrogen (secondary N) is 1. The Morgan fingerprint density at radius 3 is 2.37 bits per heavy atom. The van der Waals surface area contributed by atoms with Crippen molar-refractivity contribution in [1.82, 2.24) is 5.32 Å². The molecule has 1 rings (SSSR count). The van der Waals surface area contributed by atoms with Gasteiger partial charge in [-0.25, -0.2) is 0 Å². The molecule has 1 N–H and O–H groups in total. The van der Waals surface area contributed by atoms with Gasteiger partial charge in [-0.1, -0.05) is 38.8 Å². The van der Waals surface area contributed by atoms with Gasteiger partial charge in [-0.05, 0) is 30.0 Å². The van der Waals surface area contributed by atoms with Gasteiger partial charge in [0.1, 0.15) is 5.75 Å². The summed E-state index contributed by atoms with van der Waals surface area (Å²) in [5, 5.41) is 3.01. The highest BCUT2D eigenvalue weighted by molar-refractivity contribution is 5.76. The summed E-state index contributed by atoms with van der Waals surface area (Å²) < 4.78 is 5.11. The van der Waals surface area contributed by atoms with E-state index in [9.17, 15) is 4.79 Å². The van der Waals surface area contributed by atoms with E-state index in [1.54, 1.807) is 7.11 Å². The normalized spacial score (nSPS) is 10.5. The molecule has 1 aromatic carbocycles. The second-order valence-corrected chi connectivity index (χ2v) is 4.83. The zero-order valence-corrected chi connectivity index (χ0v) is 12.2. The van der Waals surface area contributed by atoms with Crippen LogP contribution in [0.2, 0.25) is 0 Å². The lowest BCUT2D eigenvalue weighted by molar-refractivity contribution is -0.121. The van der Waals surface area contributed by atoms with Crippen molar-refractivity contribution in [2.75, 3.05) is 13.7 Å². The molecule has 3 nitrogen and oxygen atoms in total. The highest BCUT2D eigenvalue weighted by atomic mass is 16.5. The lowest BCUT2D eigenvalue weighted by atomic mass is 10.0. The third-order valence-corrected chi connectivity index (χ3v) is 3.54. The van der Waals surface area contributed by atoms with Gasteiger partial charge in [0.15, 0.2) is 0 Å². The molecular weight excluding hydrogens is 238 g/mol. The van der Waals surface area contributed by atoms with Gasteiger partial charge in [0, 0.05) is 13.0 Å². The first-order chi connectivity index (χ1) is 9.19. The van der Waals surface area contributed by atoms with Gasteiger partial charge in [-0.3, -0.25) is 4.79 Å². The minimum absolute atomic E-state index is 0.141. The average Bonchev–Trinajstić information content (AvgIpc) is 2.46. The van der Waals surface area contributed by atoms with Crippen molar-refractivity contribution in [3.8, 4) is 5.75 Å². The zero-order valence-electron chi connectivity index (χ0n) is 12.2. The maximum absolute atomic E-state index is 11.7. The largest absolute Gasteiger partial charge is 0.497 e. The van der Waals surface area contributed by atoms with Crippen LogP contribution in [0.15, 0.2) is 24.3 Å². The van der Waals surface area contributed by atoms with Gasteiger partial charge < -0.3 is 10.1 Å². The Kier molecular flexibility index (Phi) is 7.01. The molecule has 0 radical (unpaired) electrons. The standard InChI is InChI=1S/C16H25NO2/c1-4-13(5-2)12-17-16(18)11-8-14-6-9-15(19-3)10-7-14/h6-7,9-10,13H,4-5,8,11-12H2,1-3H3,(H,17,18). The number of carbonyl (C=O) groups is 1. The molecule has 0 aliphatic heterocycles. The molecule has 0 fully saturated rings. The molecule has 0 heterocycles. The Bertz CT molecular complexity index is 369. The highest BCUT2D eigenvalue weighted by Crippen LogP contribution is 2.12. The number of hydrogen-bond donors (Lipinski definition) is 1. The summed E-state index contributed by atoms with van der Waals surface area (Å²) in [6.45, 7) is 5.13. The van der Waals surface area contributed by atoms with Gasteiger partial charge in [-0.15, -0.1) is 0 Å². The minimum atomic E-state index is 0.141. The number of aryl methyl sites for hydroxylation is 1. The number of carbonyl (C=O) groups excluding carboxylic acids is 1. The summed E-state index contributed by atoms with van der Waals surface area (Å²) in [6.07, 6.45) is 3.57. The quantitative estimate of drug-likeness (QED) is 0.782. The number of rotatable bonds is 8. The summed E-state index contributed by atoms with van der Waals surface area (Å²) in [5.41, 5.74) is 1.17. The van der Waals surface area contributed by atoms with Gasteiger partial charge in [-0.2, -0.15) is 0 Å². The molecule has 0 spiro atoms. The topological polar surface area (TPSA) is 38.3 Å². The van der Waals surface area contributed by atoms with E-state index < -0.39 is 0 Å². The van der Waals surface area contributed by atoms with Crippen LogP contribution in [0.4, 0.5) is 0 Å². The smallest absolute Gasteiger partial charge is 0.220 e. The van der Waals surface area contributed by atoms with Gasteiger partial charge in [0.05, 0.1) is 7.11 Å². The summed E-state index contributed by atoms with van der Waals surface area (Å²) in [4.78, 5) is 11.7. The van der Waals surface area contributed by atoms with Crippen molar-refractivity contribution in [2.45, 2.75) is 39.5 Å². The van der Waals surface area contributed by atoms with Crippen molar-refractivity contribution in [1.29, 1.82) is 0 Å². The monoisotopic (exact) mass is 263 g/mol. The second-order valence-electron chi connectivity index (χ2n) is 4.83. The fraction of sp³-hybridized carbons (Fsp3) is 0.562. The van der Waals surface area contributed by atoms with E-state index >= 15 is 0 Å². The third-order valence-electron chi connectivity index (χ3n) is 3.54. The molecule has 1 amide bonds. The molecule has 19 heavy (non-hydrogen) atoms. The van der Waals surface area contributed by atoms with Crippen LogP contribution in [-0.4, -0.2) is 19.6 Å². The fourth-order valence-corrected chi connectivity index (χ4v) is 1.97. The molecule has 0 atom stereocenters. The Balaban J connectivity index is 2.29. The van der Waals surface area contributed by atoms with E-state index in [1.165, 1.54) is 5.56 Å². The number of hydrogen-bond acceptors (Lipinski definition) is 2. The van der Waals surface area contributed by atoms with Crippen LogP contribution in [0.5, 0.6) is 5.75 Å². The number of benzene rings is 1. The van der Waals surface area contributed by atoms with Crippen LogP contribution >= 0.6 is 0 Å². The van der Waals surface area contributed by atoms with Crippen LogP contribution in [0.3, 0.4) is 0 Å². The van der Waals surface area contributed by atoms with Crippen molar-refractivity contribution in [2.24, 2.45) is 5.92 Å². The fourth-order valence-electron chi connectivity index (χ4n) is 1.97. The Labute approximate surface area is 116 Å². The lowest BCUT2D eigenvalue weighted by Gasteiger charge is -2.13. The van der Waals surface area contributed by atoms with E-state index in [4.69, 9.17) is 4.74 Å². The van der Waals surface area contributed by atoms with Crippen molar-refractivity contribution >= 4 is 5.91 Å². The highest BCUT2D eigenvalue weighted by Gasteiger charge is 2.06. The van der Waals surface area contributed by atoms with Crippen LogP contribution in [0, 0.1) is 5.92 Å². The molecule has 1 aromatic rings. The summed E-state index contributed by atoms with van der Waals surface area (Å²) in [6, 6.07) is 7.87. The van der Waals surface area contributed by atoms with E-state index in [2.05, 4.69) is 19.2 Å². The van der Waals surface area contributed by atoms with Crippen molar-refractivity contribution in [3.63, 3.8) is 0 Å². The van der Waals surface area contributed by atoms with Gasteiger partial charge in [0.2, 0.25) is 5.91 Å². The van der Waals surface area contributed by atoms with Crippen molar-refractivity contribution < 1.29 is 9.53 Å². The third kappa shape index (κ3) is 5.77. The number of amides is 1. The maximum Gasteiger partial charge on any atom is 0.220 e. The summed E-state index contributed by atoms with van der Waals surface area (Å²) in [5.74, 6) is 1.59. The molecule has 3 heteroatoms. The summed E-state index contributed by atoms with van der Waals surface area (Å²) in [7, 11) is 1.65. The van der Waals surface area contributed by atoms with Crippen LogP contribution < -0.4 is 10.1 Å². The van der Waals surface area contributed by atoms with E-state index in [-0.39, 0.29) is 5.91 Å². The molecule has 0 aromatic heterocycles. The van der Waals surface area contributed by atoms with E-state index in [0.29, 0.717) is 12.3 Å². The molecule has 0 aliphatic carbocycles. The second kappa shape index (κ2) is 8.57. The molecule has 0 saturated carbocycles. The predicted octanol–water partition coefficient (Wildman–Crippen LogP) is 3.18. The van der Waals surface area contributed by atoms with Crippen LogP contribution in [0.1, 0.15) is 38.7 Å². The number of methoxy groups -OCH3 is 1. The molecule has 0 aliphatic rings. The zero-order chi connectivity index (χ0) is 14.1. The SMILES string of the molecule is CCC(CC)CNC(=O)CCc1ccc(OC)cc1. The van der Waals surface area contributed by atoms with Crippen LogP contribution in [-0.2, 0) is 11.2 Å². The first kappa shape index (κ1) is 15.5. The molecule has 0 saturated heterocycles. The average molecular weight is 263 g/mol. The maximum atomic E-state index is 11.7. The van der Waals surface area contributed by atoms with Gasteiger partial charge >= 0.3 is 0 Å². The molecule has 106 valence electrons. The van der Waals surface area contributed by atoms with E-state index in [0.717, 1.165) is 31.6 Å². The first-order valence-electron chi connectivity index (χ1n) is 7.09.